The molecule has 1 aliphatic rings. The fourth-order valence-corrected chi connectivity index (χ4v) is 2.78. The van der Waals surface area contributed by atoms with Crippen LogP contribution in [-0.2, 0) is 17.9 Å². The first-order chi connectivity index (χ1) is 12.1. The van der Waals surface area contributed by atoms with Gasteiger partial charge in [0.2, 0.25) is 0 Å². The molecule has 0 aliphatic carbocycles. The van der Waals surface area contributed by atoms with Crippen LogP contribution >= 0.6 is 0 Å². The van der Waals surface area contributed by atoms with Crippen molar-refractivity contribution in [1.29, 1.82) is 10.5 Å². The molecule has 6 nitrogen and oxygen atoms in total. The number of carbonyl (C=O) groups excluding carboxylic acids is 2. The van der Waals surface area contributed by atoms with Crippen molar-refractivity contribution in [3.8, 4) is 12.1 Å². The summed E-state index contributed by atoms with van der Waals surface area (Å²) in [6, 6.07) is 17.6. The highest BCUT2D eigenvalue weighted by Crippen LogP contribution is 2.20. The lowest BCUT2D eigenvalue weighted by molar-refractivity contribution is -0.125. The van der Waals surface area contributed by atoms with E-state index in [9.17, 15) is 9.59 Å². The summed E-state index contributed by atoms with van der Waals surface area (Å²) in [6.07, 6.45) is 0. The summed E-state index contributed by atoms with van der Waals surface area (Å²) in [6.45, 7) is 0.232. The normalized spacial score (nSPS) is 13.7. The molecule has 2 aromatic carbocycles. The van der Waals surface area contributed by atoms with Crippen molar-refractivity contribution in [3.05, 3.63) is 70.8 Å². The summed E-state index contributed by atoms with van der Waals surface area (Å²) >= 11 is 0. The summed E-state index contributed by atoms with van der Waals surface area (Å²) in [4.78, 5) is 27.4. The number of amides is 3. The first kappa shape index (κ1) is 16.2. The maximum Gasteiger partial charge on any atom is 0.327 e. The van der Waals surface area contributed by atoms with E-state index in [1.807, 2.05) is 0 Å². The van der Waals surface area contributed by atoms with Gasteiger partial charge in [0.05, 0.1) is 29.8 Å². The van der Waals surface area contributed by atoms with E-state index >= 15 is 0 Å². The van der Waals surface area contributed by atoms with Gasteiger partial charge in [0.1, 0.15) is 6.54 Å². The molecule has 0 unspecified atom stereocenters. The smallest absolute Gasteiger partial charge is 0.311 e. The van der Waals surface area contributed by atoms with E-state index < -0.39 is 6.03 Å². The molecule has 122 valence electrons. The Morgan fingerprint density at radius 2 is 1.36 bits per heavy atom. The van der Waals surface area contributed by atoms with Gasteiger partial charge >= 0.3 is 6.03 Å². The molecule has 1 aliphatic heterocycles. The Labute approximate surface area is 145 Å². The molecule has 1 saturated heterocycles. The van der Waals surface area contributed by atoms with E-state index in [0.29, 0.717) is 22.3 Å². The number of hydrogen-bond donors (Lipinski definition) is 0. The zero-order valence-corrected chi connectivity index (χ0v) is 13.3. The van der Waals surface area contributed by atoms with Gasteiger partial charge in [0.15, 0.2) is 0 Å². The Kier molecular flexibility index (Phi) is 4.45. The Morgan fingerprint density at radius 1 is 0.840 bits per heavy atom. The molecular weight excluding hydrogens is 316 g/mol. The van der Waals surface area contributed by atoms with E-state index in [0.717, 1.165) is 4.90 Å². The lowest BCUT2D eigenvalue weighted by Gasteiger charge is -2.18. The van der Waals surface area contributed by atoms with E-state index in [1.54, 1.807) is 48.5 Å². The summed E-state index contributed by atoms with van der Waals surface area (Å²) in [5.74, 6) is -0.313. The van der Waals surface area contributed by atoms with Crippen LogP contribution in [0.2, 0.25) is 0 Å². The predicted molar refractivity (Wildman–Crippen MR) is 88.7 cm³/mol. The van der Waals surface area contributed by atoms with E-state index in [-0.39, 0.29) is 25.5 Å². The third-order valence-electron chi connectivity index (χ3n) is 4.09. The minimum Gasteiger partial charge on any atom is -0.311 e. The fraction of sp³-hybridized carbons (Fsp3) is 0.158. The first-order valence-electron chi connectivity index (χ1n) is 7.69. The summed E-state index contributed by atoms with van der Waals surface area (Å²) < 4.78 is 0. The minimum atomic E-state index is -0.412. The van der Waals surface area contributed by atoms with Crippen molar-refractivity contribution < 1.29 is 9.59 Å². The maximum absolute atomic E-state index is 12.6. The third-order valence-corrected chi connectivity index (χ3v) is 4.09. The van der Waals surface area contributed by atoms with Gasteiger partial charge in [-0.05, 0) is 23.3 Å². The van der Waals surface area contributed by atoms with Gasteiger partial charge in [-0.1, -0.05) is 36.4 Å². The zero-order chi connectivity index (χ0) is 17.8. The van der Waals surface area contributed by atoms with Gasteiger partial charge in [-0.25, -0.2) is 4.79 Å². The van der Waals surface area contributed by atoms with Crippen molar-refractivity contribution >= 4 is 11.9 Å². The van der Waals surface area contributed by atoms with Gasteiger partial charge in [0, 0.05) is 6.54 Å². The molecule has 0 atom stereocenters. The van der Waals surface area contributed by atoms with Crippen LogP contribution < -0.4 is 0 Å². The van der Waals surface area contributed by atoms with Crippen molar-refractivity contribution in [2.75, 3.05) is 6.54 Å². The number of carbonyl (C=O) groups is 2. The molecule has 0 N–H and O–H groups in total. The second-order valence-electron chi connectivity index (χ2n) is 5.66. The molecular formula is C19H14N4O2. The molecule has 0 aromatic heterocycles. The average Bonchev–Trinajstić information content (AvgIpc) is 2.90. The maximum atomic E-state index is 12.6. The van der Waals surface area contributed by atoms with Crippen LogP contribution in [-0.4, -0.2) is 28.3 Å². The standard InChI is InChI=1S/C19H14N4O2/c20-9-14-5-1-3-7-16(14)11-22-13-18(24)23(19(22)25)12-17-8-4-2-6-15(17)10-21/h1-8H,11-13H2. The molecule has 6 heteroatoms. The fourth-order valence-electron chi connectivity index (χ4n) is 2.78. The number of nitrogens with zero attached hydrogens (tertiary/aromatic N) is 4. The molecule has 3 amide bonds. The van der Waals surface area contributed by atoms with Crippen molar-refractivity contribution in [2.45, 2.75) is 13.1 Å². The Morgan fingerprint density at radius 3 is 1.92 bits per heavy atom. The highest BCUT2D eigenvalue weighted by molar-refractivity contribution is 6.01. The SMILES string of the molecule is N#Cc1ccccc1CN1CC(=O)N(Cc2ccccc2C#N)C1=O. The lowest BCUT2D eigenvalue weighted by atomic mass is 10.1. The monoisotopic (exact) mass is 330 g/mol. The van der Waals surface area contributed by atoms with E-state index in [1.165, 1.54) is 4.90 Å². The van der Waals surface area contributed by atoms with Crippen molar-refractivity contribution in [2.24, 2.45) is 0 Å². The summed E-state index contributed by atoms with van der Waals surface area (Å²) in [5.41, 5.74) is 2.25. The Hall–Kier alpha value is -3.64. The van der Waals surface area contributed by atoms with Crippen LogP contribution in [0.25, 0.3) is 0 Å². The van der Waals surface area contributed by atoms with Crippen molar-refractivity contribution in [3.63, 3.8) is 0 Å². The predicted octanol–water partition coefficient (Wildman–Crippen LogP) is 2.39. The van der Waals surface area contributed by atoms with Crippen LogP contribution in [0.4, 0.5) is 4.79 Å². The van der Waals surface area contributed by atoms with E-state index in [2.05, 4.69) is 12.1 Å². The minimum absolute atomic E-state index is 0.0344. The molecule has 1 fully saturated rings. The van der Waals surface area contributed by atoms with Crippen LogP contribution in [0.1, 0.15) is 22.3 Å². The van der Waals surface area contributed by atoms with Gasteiger partial charge in [-0.3, -0.25) is 9.69 Å². The average molecular weight is 330 g/mol. The number of hydrogen-bond acceptors (Lipinski definition) is 4. The third kappa shape index (κ3) is 3.19. The molecule has 3 rings (SSSR count). The summed E-state index contributed by atoms with van der Waals surface area (Å²) in [7, 11) is 0. The molecule has 0 bridgehead atoms. The van der Waals surface area contributed by atoms with Gasteiger partial charge in [-0.2, -0.15) is 10.5 Å². The first-order valence-corrected chi connectivity index (χ1v) is 7.69. The largest absolute Gasteiger partial charge is 0.327 e. The van der Waals surface area contributed by atoms with Crippen LogP contribution in [0.5, 0.6) is 0 Å². The highest BCUT2D eigenvalue weighted by atomic mass is 16.2. The number of urea groups is 1. The van der Waals surface area contributed by atoms with Crippen LogP contribution in [0, 0.1) is 22.7 Å². The molecule has 25 heavy (non-hydrogen) atoms. The molecule has 0 radical (unpaired) electrons. The topological polar surface area (TPSA) is 88.2 Å². The van der Waals surface area contributed by atoms with Gasteiger partial charge < -0.3 is 4.90 Å². The molecule has 2 aromatic rings. The van der Waals surface area contributed by atoms with Crippen LogP contribution in [0.15, 0.2) is 48.5 Å². The van der Waals surface area contributed by atoms with Gasteiger partial charge in [-0.15, -0.1) is 0 Å². The molecule has 0 spiro atoms. The van der Waals surface area contributed by atoms with E-state index in [4.69, 9.17) is 10.5 Å². The summed E-state index contributed by atoms with van der Waals surface area (Å²) in [5, 5.41) is 18.3. The second-order valence-corrected chi connectivity index (χ2v) is 5.66. The Balaban J connectivity index is 1.79. The highest BCUT2D eigenvalue weighted by Gasteiger charge is 2.36. The molecule has 0 saturated carbocycles. The number of benzene rings is 2. The van der Waals surface area contributed by atoms with Gasteiger partial charge in [0.25, 0.3) is 5.91 Å². The number of rotatable bonds is 4. The Bertz CT molecular complexity index is 924. The van der Waals surface area contributed by atoms with Crippen molar-refractivity contribution in [1.82, 2.24) is 9.80 Å². The second kappa shape index (κ2) is 6.86. The zero-order valence-electron chi connectivity index (χ0n) is 13.3. The lowest BCUT2D eigenvalue weighted by Crippen LogP contribution is -2.32. The quantitative estimate of drug-likeness (QED) is 0.805. The van der Waals surface area contributed by atoms with Crippen LogP contribution in [0.3, 0.4) is 0 Å². The molecule has 1 heterocycles. The number of imide groups is 1. The number of nitriles is 2.